The van der Waals surface area contributed by atoms with Crippen LogP contribution in [0.3, 0.4) is 0 Å². The Morgan fingerprint density at radius 2 is 1.92 bits per heavy atom. The summed E-state index contributed by atoms with van der Waals surface area (Å²) >= 11 is 0. The van der Waals surface area contributed by atoms with Gasteiger partial charge in [-0.1, -0.05) is 0 Å². The predicted molar refractivity (Wildman–Crippen MR) is 44.1 cm³/mol. The van der Waals surface area contributed by atoms with Crippen molar-refractivity contribution >= 4 is 0 Å². The molecule has 0 saturated heterocycles. The van der Waals surface area contributed by atoms with E-state index < -0.39 is 0 Å². The maximum atomic E-state index is 12.8. The maximum Gasteiger partial charge on any atom is 0.130 e. The minimum absolute atomic E-state index is 0.349. The molecule has 0 heterocycles. The largest absolute Gasteiger partial charge is 0.497 e. The summed E-state index contributed by atoms with van der Waals surface area (Å²) in [6.45, 7) is 2.37. The number of methoxy groups -OCH3 is 1. The highest BCUT2D eigenvalue weighted by Gasteiger charge is 2.00. The monoisotopic (exact) mass is 170 g/mol. The molecule has 0 atom stereocenters. The number of hydrogen-bond acceptors (Lipinski definition) is 2. The SMILES string of the molecule is CCOc1cc(F)cc(OC)c1. The van der Waals surface area contributed by atoms with Gasteiger partial charge in [-0.3, -0.25) is 0 Å². The Hall–Kier alpha value is -1.25. The fraction of sp³-hybridized carbons (Fsp3) is 0.333. The highest BCUT2D eigenvalue weighted by atomic mass is 19.1. The van der Waals surface area contributed by atoms with Gasteiger partial charge in [0.1, 0.15) is 17.3 Å². The van der Waals surface area contributed by atoms with E-state index in [9.17, 15) is 4.39 Å². The summed E-state index contributed by atoms with van der Waals surface area (Å²) < 4.78 is 22.7. The molecule has 2 nitrogen and oxygen atoms in total. The summed E-state index contributed by atoms with van der Waals surface area (Å²) in [5, 5.41) is 0. The van der Waals surface area contributed by atoms with Gasteiger partial charge in [-0.2, -0.15) is 0 Å². The van der Waals surface area contributed by atoms with Crippen LogP contribution in [0.1, 0.15) is 6.92 Å². The number of rotatable bonds is 3. The normalized spacial score (nSPS) is 9.58. The summed E-state index contributed by atoms with van der Waals surface area (Å²) in [6, 6.07) is 4.28. The summed E-state index contributed by atoms with van der Waals surface area (Å²) in [6.07, 6.45) is 0. The summed E-state index contributed by atoms with van der Waals surface area (Å²) in [4.78, 5) is 0. The van der Waals surface area contributed by atoms with E-state index in [0.29, 0.717) is 18.1 Å². The molecule has 0 aliphatic carbocycles. The van der Waals surface area contributed by atoms with E-state index in [1.165, 1.54) is 19.2 Å². The fourth-order valence-electron chi connectivity index (χ4n) is 0.905. The number of hydrogen-bond donors (Lipinski definition) is 0. The Kier molecular flexibility index (Phi) is 2.91. The number of ether oxygens (including phenoxy) is 2. The van der Waals surface area contributed by atoms with Crippen molar-refractivity contribution in [3.05, 3.63) is 24.0 Å². The first-order valence-corrected chi connectivity index (χ1v) is 3.73. The Labute approximate surface area is 70.9 Å². The molecule has 0 radical (unpaired) electrons. The lowest BCUT2D eigenvalue weighted by Crippen LogP contribution is -1.93. The van der Waals surface area contributed by atoms with Gasteiger partial charge < -0.3 is 9.47 Å². The van der Waals surface area contributed by atoms with Crippen molar-refractivity contribution in [3.8, 4) is 11.5 Å². The van der Waals surface area contributed by atoms with Gasteiger partial charge in [0.2, 0.25) is 0 Å². The average molecular weight is 170 g/mol. The molecule has 0 saturated carbocycles. The van der Waals surface area contributed by atoms with Crippen LogP contribution in [0, 0.1) is 5.82 Å². The second kappa shape index (κ2) is 3.95. The highest BCUT2D eigenvalue weighted by Crippen LogP contribution is 2.21. The molecule has 0 spiro atoms. The molecule has 12 heavy (non-hydrogen) atoms. The molecule has 0 aromatic heterocycles. The molecule has 1 aromatic carbocycles. The lowest BCUT2D eigenvalue weighted by molar-refractivity contribution is 0.333. The first-order chi connectivity index (χ1) is 5.76. The van der Waals surface area contributed by atoms with Crippen molar-refractivity contribution < 1.29 is 13.9 Å². The zero-order valence-corrected chi connectivity index (χ0v) is 7.13. The molecule has 0 amide bonds. The topological polar surface area (TPSA) is 18.5 Å². The predicted octanol–water partition coefficient (Wildman–Crippen LogP) is 2.23. The van der Waals surface area contributed by atoms with Crippen LogP contribution in [0.5, 0.6) is 11.5 Å². The van der Waals surface area contributed by atoms with Crippen LogP contribution in [0.25, 0.3) is 0 Å². The zero-order chi connectivity index (χ0) is 8.97. The van der Waals surface area contributed by atoms with E-state index in [-0.39, 0.29) is 5.82 Å². The lowest BCUT2D eigenvalue weighted by Gasteiger charge is -2.05. The molecule has 3 heteroatoms. The molecule has 66 valence electrons. The van der Waals surface area contributed by atoms with Crippen LogP contribution in [0.15, 0.2) is 18.2 Å². The fourth-order valence-corrected chi connectivity index (χ4v) is 0.905. The van der Waals surface area contributed by atoms with Gasteiger partial charge in [0.25, 0.3) is 0 Å². The Bertz CT molecular complexity index is 261. The number of halogens is 1. The summed E-state index contributed by atoms with van der Waals surface area (Å²) in [7, 11) is 1.49. The minimum Gasteiger partial charge on any atom is -0.497 e. The van der Waals surface area contributed by atoms with Crippen LogP contribution < -0.4 is 9.47 Å². The van der Waals surface area contributed by atoms with Gasteiger partial charge in [-0.15, -0.1) is 0 Å². The van der Waals surface area contributed by atoms with E-state index in [0.717, 1.165) is 0 Å². The maximum absolute atomic E-state index is 12.8. The van der Waals surface area contributed by atoms with Crippen LogP contribution in [-0.4, -0.2) is 13.7 Å². The number of benzene rings is 1. The van der Waals surface area contributed by atoms with Crippen molar-refractivity contribution in [3.63, 3.8) is 0 Å². The van der Waals surface area contributed by atoms with Gasteiger partial charge in [0, 0.05) is 18.2 Å². The molecule has 1 aromatic rings. The molecule has 0 unspecified atom stereocenters. The van der Waals surface area contributed by atoms with E-state index in [2.05, 4.69) is 0 Å². The standard InChI is InChI=1S/C9H11FO2/c1-3-12-9-5-7(10)4-8(6-9)11-2/h4-6H,3H2,1-2H3. The average Bonchev–Trinajstić information content (AvgIpc) is 2.04. The molecule has 0 aliphatic heterocycles. The summed E-state index contributed by atoms with van der Waals surface area (Å²) in [5.41, 5.74) is 0. The second-order valence-electron chi connectivity index (χ2n) is 2.26. The van der Waals surface area contributed by atoms with Crippen molar-refractivity contribution in [2.24, 2.45) is 0 Å². The Balaban J connectivity index is 2.90. The van der Waals surface area contributed by atoms with Gasteiger partial charge in [-0.05, 0) is 6.92 Å². The van der Waals surface area contributed by atoms with E-state index in [1.807, 2.05) is 6.92 Å². The van der Waals surface area contributed by atoms with Crippen LogP contribution >= 0.6 is 0 Å². The van der Waals surface area contributed by atoms with Crippen LogP contribution in [-0.2, 0) is 0 Å². The van der Waals surface area contributed by atoms with Crippen LogP contribution in [0.4, 0.5) is 4.39 Å². The molecule has 0 aliphatic rings. The van der Waals surface area contributed by atoms with E-state index in [1.54, 1.807) is 6.07 Å². The Morgan fingerprint density at radius 3 is 2.50 bits per heavy atom. The molecule has 1 rings (SSSR count). The molecule has 0 bridgehead atoms. The Morgan fingerprint density at radius 1 is 1.25 bits per heavy atom. The minimum atomic E-state index is -0.349. The molecule has 0 fully saturated rings. The van der Waals surface area contributed by atoms with Gasteiger partial charge in [0.05, 0.1) is 13.7 Å². The zero-order valence-electron chi connectivity index (χ0n) is 7.13. The van der Waals surface area contributed by atoms with Crippen molar-refractivity contribution in [1.82, 2.24) is 0 Å². The third-order valence-corrected chi connectivity index (χ3v) is 1.39. The lowest BCUT2D eigenvalue weighted by atomic mass is 10.3. The van der Waals surface area contributed by atoms with Crippen molar-refractivity contribution in [2.75, 3.05) is 13.7 Å². The molecule has 0 N–H and O–H groups in total. The first kappa shape index (κ1) is 8.84. The molecular weight excluding hydrogens is 159 g/mol. The van der Waals surface area contributed by atoms with E-state index >= 15 is 0 Å². The van der Waals surface area contributed by atoms with E-state index in [4.69, 9.17) is 9.47 Å². The third-order valence-electron chi connectivity index (χ3n) is 1.39. The van der Waals surface area contributed by atoms with Crippen LogP contribution in [0.2, 0.25) is 0 Å². The van der Waals surface area contributed by atoms with Gasteiger partial charge in [-0.25, -0.2) is 4.39 Å². The third kappa shape index (κ3) is 2.12. The highest BCUT2D eigenvalue weighted by molar-refractivity contribution is 5.33. The first-order valence-electron chi connectivity index (χ1n) is 3.73. The molecular formula is C9H11FO2. The smallest absolute Gasteiger partial charge is 0.130 e. The van der Waals surface area contributed by atoms with Crippen molar-refractivity contribution in [1.29, 1.82) is 0 Å². The van der Waals surface area contributed by atoms with Crippen molar-refractivity contribution in [2.45, 2.75) is 6.92 Å². The van der Waals surface area contributed by atoms with Gasteiger partial charge in [0.15, 0.2) is 0 Å². The quantitative estimate of drug-likeness (QED) is 0.692. The second-order valence-corrected chi connectivity index (χ2v) is 2.26. The summed E-state index contributed by atoms with van der Waals surface area (Å²) in [5.74, 6) is 0.616. The van der Waals surface area contributed by atoms with Gasteiger partial charge >= 0.3 is 0 Å².